The summed E-state index contributed by atoms with van der Waals surface area (Å²) in [5.74, 6) is 1.11. The molecule has 25 heavy (non-hydrogen) atoms. The van der Waals surface area contributed by atoms with Gasteiger partial charge in [0.1, 0.15) is 18.1 Å². The number of benzene rings is 2. The number of carbonyl (C=O) groups excluding carboxylic acids is 1. The summed E-state index contributed by atoms with van der Waals surface area (Å²) < 4.78 is 11.3. The molecule has 6 heteroatoms. The number of ether oxygens (including phenoxy) is 2. The van der Waals surface area contributed by atoms with Gasteiger partial charge in [0.25, 0.3) is 5.91 Å². The number of nitrogens with one attached hydrogen (secondary N) is 1. The molecule has 0 aliphatic rings. The highest BCUT2D eigenvalue weighted by Gasteiger charge is 2.17. The Morgan fingerprint density at radius 3 is 2.44 bits per heavy atom. The predicted molar refractivity (Wildman–Crippen MR) is 101 cm³/mol. The molecule has 2 aromatic carbocycles. The first-order valence-corrected chi connectivity index (χ1v) is 8.84. The van der Waals surface area contributed by atoms with Crippen molar-refractivity contribution in [3.63, 3.8) is 0 Å². The quantitative estimate of drug-likeness (QED) is 0.676. The molecule has 1 amide bonds. The highest BCUT2D eigenvalue weighted by atomic mass is 35.5. The van der Waals surface area contributed by atoms with Crippen molar-refractivity contribution in [3.05, 3.63) is 58.1 Å². The third-order valence-electron chi connectivity index (χ3n) is 3.57. The Balaban J connectivity index is 1.77. The largest absolute Gasteiger partial charge is 0.492 e. The third kappa shape index (κ3) is 6.15. The molecule has 4 nitrogen and oxygen atoms in total. The molecule has 2 aromatic rings. The average Bonchev–Trinajstić information content (AvgIpc) is 2.61. The highest BCUT2D eigenvalue weighted by Crippen LogP contribution is 2.21. The van der Waals surface area contributed by atoms with Crippen molar-refractivity contribution >= 4 is 29.1 Å². The molecule has 134 valence electrons. The van der Waals surface area contributed by atoms with Crippen molar-refractivity contribution in [3.8, 4) is 11.5 Å². The first kappa shape index (κ1) is 19.4. The Bertz CT molecular complexity index is 704. The van der Waals surface area contributed by atoms with Gasteiger partial charge in [-0.2, -0.15) is 0 Å². The van der Waals surface area contributed by atoms with Gasteiger partial charge >= 0.3 is 0 Å². The summed E-state index contributed by atoms with van der Waals surface area (Å²) in [6.45, 7) is 4.55. The number of rotatable bonds is 8. The summed E-state index contributed by atoms with van der Waals surface area (Å²) in [4.78, 5) is 12.2. The molecule has 0 aliphatic heterocycles. The second-order valence-electron chi connectivity index (χ2n) is 5.52. The summed E-state index contributed by atoms with van der Waals surface area (Å²) in [6.07, 6.45) is -0.00177. The fraction of sp³-hybridized carbons (Fsp3) is 0.316. The zero-order valence-electron chi connectivity index (χ0n) is 14.2. The van der Waals surface area contributed by atoms with Gasteiger partial charge in [-0.05, 0) is 55.3 Å². The van der Waals surface area contributed by atoms with E-state index in [1.54, 1.807) is 30.3 Å². The number of carbonyl (C=O) groups is 1. The van der Waals surface area contributed by atoms with E-state index in [-0.39, 0.29) is 5.91 Å². The van der Waals surface area contributed by atoms with Crippen molar-refractivity contribution in [2.24, 2.45) is 0 Å². The van der Waals surface area contributed by atoms with E-state index in [4.69, 9.17) is 32.7 Å². The Morgan fingerprint density at radius 2 is 1.80 bits per heavy atom. The monoisotopic (exact) mass is 381 g/mol. The second kappa shape index (κ2) is 9.54. The number of amides is 1. The van der Waals surface area contributed by atoms with Gasteiger partial charge in [-0.25, -0.2) is 0 Å². The lowest BCUT2D eigenvalue weighted by molar-refractivity contribution is -0.128. The van der Waals surface area contributed by atoms with E-state index in [9.17, 15) is 4.79 Å². The molecule has 1 atom stereocenters. The van der Waals surface area contributed by atoms with E-state index in [2.05, 4.69) is 5.32 Å². The molecule has 2 rings (SSSR count). The zero-order chi connectivity index (χ0) is 18.2. The van der Waals surface area contributed by atoms with Gasteiger partial charge in [0, 0.05) is 10.0 Å². The summed E-state index contributed by atoms with van der Waals surface area (Å²) in [5.41, 5.74) is 0.993. The normalized spacial score (nSPS) is 11.7. The number of halogens is 2. The van der Waals surface area contributed by atoms with Crippen LogP contribution in [0.25, 0.3) is 0 Å². The molecular weight excluding hydrogens is 361 g/mol. The molecule has 0 bridgehead atoms. The van der Waals surface area contributed by atoms with Gasteiger partial charge in [0.2, 0.25) is 0 Å². The maximum atomic E-state index is 12.2. The van der Waals surface area contributed by atoms with E-state index < -0.39 is 6.10 Å². The molecule has 0 fully saturated rings. The van der Waals surface area contributed by atoms with Gasteiger partial charge in [0.15, 0.2) is 6.10 Å². The minimum absolute atomic E-state index is 0.178. The maximum absolute atomic E-state index is 12.2. The average molecular weight is 382 g/mol. The Hall–Kier alpha value is -1.91. The van der Waals surface area contributed by atoms with Crippen LogP contribution in [0.5, 0.6) is 11.5 Å². The number of aryl methyl sites for hydroxylation is 1. The van der Waals surface area contributed by atoms with Crippen molar-refractivity contribution in [2.75, 3.05) is 13.2 Å². The summed E-state index contributed by atoms with van der Waals surface area (Å²) in [6, 6.07) is 12.4. The van der Waals surface area contributed by atoms with Gasteiger partial charge in [-0.15, -0.1) is 0 Å². The molecule has 0 aliphatic carbocycles. The van der Waals surface area contributed by atoms with Crippen LogP contribution in [0.1, 0.15) is 18.9 Å². The second-order valence-corrected chi connectivity index (χ2v) is 6.36. The Kier molecular flexibility index (Phi) is 7.41. The van der Waals surface area contributed by atoms with Crippen molar-refractivity contribution in [1.29, 1.82) is 0 Å². The lowest BCUT2D eigenvalue weighted by Crippen LogP contribution is -2.39. The Morgan fingerprint density at radius 1 is 1.12 bits per heavy atom. The van der Waals surface area contributed by atoms with Crippen molar-refractivity contribution in [2.45, 2.75) is 26.4 Å². The van der Waals surface area contributed by atoms with Crippen LogP contribution in [0.4, 0.5) is 0 Å². The van der Waals surface area contributed by atoms with Crippen LogP contribution in [-0.2, 0) is 4.79 Å². The first-order chi connectivity index (χ1) is 12.0. The maximum Gasteiger partial charge on any atom is 0.261 e. The van der Waals surface area contributed by atoms with Gasteiger partial charge in [-0.3, -0.25) is 4.79 Å². The van der Waals surface area contributed by atoms with Gasteiger partial charge < -0.3 is 14.8 Å². The minimum Gasteiger partial charge on any atom is -0.492 e. The van der Waals surface area contributed by atoms with Crippen LogP contribution in [-0.4, -0.2) is 25.2 Å². The van der Waals surface area contributed by atoms with Gasteiger partial charge in [-0.1, -0.05) is 36.2 Å². The van der Waals surface area contributed by atoms with Crippen molar-refractivity contribution < 1.29 is 14.3 Å². The summed E-state index contributed by atoms with van der Waals surface area (Å²) >= 11 is 11.9. The molecule has 0 unspecified atom stereocenters. The van der Waals surface area contributed by atoms with Crippen LogP contribution in [0.2, 0.25) is 10.0 Å². The molecule has 0 spiro atoms. The van der Waals surface area contributed by atoms with Crippen LogP contribution < -0.4 is 14.8 Å². The number of hydrogen-bond acceptors (Lipinski definition) is 3. The van der Waals surface area contributed by atoms with E-state index in [1.165, 1.54) is 0 Å². The minimum atomic E-state index is -0.560. The molecule has 0 radical (unpaired) electrons. The van der Waals surface area contributed by atoms with Crippen LogP contribution in [0.15, 0.2) is 42.5 Å². The lowest BCUT2D eigenvalue weighted by Gasteiger charge is -2.17. The van der Waals surface area contributed by atoms with E-state index in [0.717, 1.165) is 5.56 Å². The third-order valence-corrected chi connectivity index (χ3v) is 4.23. The smallest absolute Gasteiger partial charge is 0.261 e. The zero-order valence-corrected chi connectivity index (χ0v) is 15.7. The molecule has 1 N–H and O–H groups in total. The topological polar surface area (TPSA) is 47.6 Å². The van der Waals surface area contributed by atoms with E-state index in [0.29, 0.717) is 41.1 Å². The molecule has 0 heterocycles. The molecule has 0 saturated heterocycles. The lowest BCUT2D eigenvalue weighted by atomic mass is 10.2. The summed E-state index contributed by atoms with van der Waals surface area (Å²) in [7, 11) is 0. The molecule has 0 saturated carbocycles. The van der Waals surface area contributed by atoms with Crippen LogP contribution >= 0.6 is 23.2 Å². The van der Waals surface area contributed by atoms with Crippen molar-refractivity contribution in [1.82, 2.24) is 5.32 Å². The van der Waals surface area contributed by atoms with Crippen LogP contribution in [0.3, 0.4) is 0 Å². The SMILES string of the molecule is CC[C@H](Oc1ccc(Cl)cc1)C(=O)NCCOc1ccc(C)c(Cl)c1. The predicted octanol–water partition coefficient (Wildman–Crippen LogP) is 4.65. The molecular formula is C19H21Cl2NO3. The Labute approximate surface area is 158 Å². The van der Waals surface area contributed by atoms with E-state index in [1.807, 2.05) is 26.0 Å². The first-order valence-electron chi connectivity index (χ1n) is 8.08. The number of hydrogen-bond donors (Lipinski definition) is 1. The standard InChI is InChI=1S/C19H21Cl2NO3/c1-3-18(25-15-8-5-14(20)6-9-15)19(23)22-10-11-24-16-7-4-13(2)17(21)12-16/h4-9,12,18H,3,10-11H2,1-2H3,(H,22,23)/t18-/m0/s1. The van der Waals surface area contributed by atoms with Crippen LogP contribution in [0, 0.1) is 6.92 Å². The highest BCUT2D eigenvalue weighted by molar-refractivity contribution is 6.31. The van der Waals surface area contributed by atoms with Gasteiger partial charge in [0.05, 0.1) is 6.54 Å². The fourth-order valence-electron chi connectivity index (χ4n) is 2.12. The molecule has 0 aromatic heterocycles. The van der Waals surface area contributed by atoms with E-state index >= 15 is 0 Å². The summed E-state index contributed by atoms with van der Waals surface area (Å²) in [5, 5.41) is 4.09. The fourth-order valence-corrected chi connectivity index (χ4v) is 2.42.